The summed E-state index contributed by atoms with van der Waals surface area (Å²) in [5.74, 6) is -1.87. The number of nitrogens with zero attached hydrogens (tertiary/aromatic N) is 2. The first-order chi connectivity index (χ1) is 18.5. The molecular formula is C23H20F3N5O7S2. The third-order valence-corrected chi connectivity index (χ3v) is 6.44. The number of aromatic amines is 1. The molecule has 4 rings (SSSR count). The minimum absolute atomic E-state index is 0.0272. The van der Waals surface area contributed by atoms with Gasteiger partial charge in [-0.1, -0.05) is 0 Å². The van der Waals surface area contributed by atoms with E-state index in [0.29, 0.717) is 5.56 Å². The average molecular weight is 600 g/mol. The number of amides is 1. The highest BCUT2D eigenvalue weighted by atomic mass is 32.2. The largest absolute Gasteiger partial charge is 0.573 e. The summed E-state index contributed by atoms with van der Waals surface area (Å²) in [5, 5.41) is -0.0272. The molecular weight excluding hydrogens is 579 g/mol. The Morgan fingerprint density at radius 3 is 2.42 bits per heavy atom. The van der Waals surface area contributed by atoms with Crippen LogP contribution >= 0.6 is 0 Å². The zero-order valence-electron chi connectivity index (χ0n) is 20.6. The van der Waals surface area contributed by atoms with Crippen molar-refractivity contribution in [3.05, 3.63) is 76.5 Å². The molecule has 0 saturated heterocycles. The molecule has 0 unspecified atom stereocenters. The molecule has 0 aliphatic carbocycles. The number of alkyl halides is 3. The number of halogens is 3. The van der Waals surface area contributed by atoms with E-state index in [2.05, 4.69) is 19.4 Å². The van der Waals surface area contributed by atoms with Crippen LogP contribution in [0.25, 0.3) is 22.0 Å². The Morgan fingerprint density at radius 2 is 1.80 bits per heavy atom. The zero-order valence-corrected chi connectivity index (χ0v) is 22.2. The number of pyridine rings is 2. The van der Waals surface area contributed by atoms with Crippen LogP contribution in [0, 0.1) is 0 Å². The number of aromatic nitrogens is 3. The van der Waals surface area contributed by atoms with Gasteiger partial charge in [-0.3, -0.25) is 14.3 Å². The third kappa shape index (κ3) is 6.78. The molecule has 4 aromatic rings. The number of H-pyrrole nitrogens is 1. The smallest absolute Gasteiger partial charge is 0.406 e. The number of benzene rings is 1. The van der Waals surface area contributed by atoms with Crippen LogP contribution in [0.4, 0.5) is 19.0 Å². The second-order valence-electron chi connectivity index (χ2n) is 8.58. The Labute approximate surface area is 224 Å². The van der Waals surface area contributed by atoms with Crippen molar-refractivity contribution in [1.29, 1.82) is 0 Å². The van der Waals surface area contributed by atoms with E-state index in [1.807, 2.05) is 4.72 Å². The summed E-state index contributed by atoms with van der Waals surface area (Å²) in [5.41, 5.74) is -0.856. The maximum atomic E-state index is 13.4. The van der Waals surface area contributed by atoms with Gasteiger partial charge in [-0.15, -0.1) is 13.2 Å². The molecule has 1 aromatic carbocycles. The molecule has 0 aliphatic rings. The van der Waals surface area contributed by atoms with Crippen molar-refractivity contribution >= 4 is 42.7 Å². The van der Waals surface area contributed by atoms with Crippen LogP contribution in [0.2, 0.25) is 0 Å². The number of hydrogen-bond donors (Lipinski definition) is 3. The van der Waals surface area contributed by atoms with E-state index in [4.69, 9.17) is 0 Å². The zero-order chi connectivity index (χ0) is 29.5. The topological polar surface area (TPSA) is 169 Å². The van der Waals surface area contributed by atoms with E-state index >= 15 is 0 Å². The Morgan fingerprint density at radius 1 is 1.07 bits per heavy atom. The first kappa shape index (κ1) is 28.6. The van der Waals surface area contributed by atoms with Crippen molar-refractivity contribution in [1.82, 2.24) is 19.3 Å². The van der Waals surface area contributed by atoms with Crippen molar-refractivity contribution in [2.75, 3.05) is 17.2 Å². The standard InChI is InChI=1S/C23H20F3N5O7S2/c1-39(34,35)29-18-10-13(7-9-27-18)12-31-17-6-5-14(38-23(24,25)26)11-16(17)19(15-4-3-8-28-21(15)32)20(31)22(33)30-40(2,36)37/h3-11H,12H2,1-2H3,(H,27,29)(H,28,32)(H,30,33). The summed E-state index contributed by atoms with van der Waals surface area (Å²) in [6.45, 7) is -0.214. The Hall–Kier alpha value is -4.38. The van der Waals surface area contributed by atoms with E-state index in [9.17, 15) is 39.6 Å². The van der Waals surface area contributed by atoms with Crippen LogP contribution in [0.1, 0.15) is 16.1 Å². The van der Waals surface area contributed by atoms with Gasteiger partial charge in [0.1, 0.15) is 17.3 Å². The number of hydrogen-bond acceptors (Lipinski definition) is 8. The summed E-state index contributed by atoms with van der Waals surface area (Å²) >= 11 is 0. The van der Waals surface area contributed by atoms with E-state index in [0.717, 1.165) is 24.6 Å². The lowest BCUT2D eigenvalue weighted by Crippen LogP contribution is -2.32. The van der Waals surface area contributed by atoms with E-state index < -0.39 is 43.6 Å². The fourth-order valence-electron chi connectivity index (χ4n) is 4.04. The van der Waals surface area contributed by atoms with Crippen molar-refractivity contribution in [3.8, 4) is 16.9 Å². The summed E-state index contributed by atoms with van der Waals surface area (Å²) in [7, 11) is -7.82. The van der Waals surface area contributed by atoms with Crippen LogP contribution in [0.3, 0.4) is 0 Å². The van der Waals surface area contributed by atoms with E-state index in [-0.39, 0.29) is 40.1 Å². The maximum Gasteiger partial charge on any atom is 0.573 e. The molecule has 0 spiro atoms. The first-order valence-corrected chi connectivity index (χ1v) is 14.8. The van der Waals surface area contributed by atoms with Gasteiger partial charge in [0, 0.05) is 41.0 Å². The highest BCUT2D eigenvalue weighted by molar-refractivity contribution is 7.92. The van der Waals surface area contributed by atoms with Crippen LogP contribution in [0.5, 0.6) is 5.75 Å². The Kier molecular flexibility index (Phi) is 7.37. The van der Waals surface area contributed by atoms with Crippen molar-refractivity contribution in [2.45, 2.75) is 12.9 Å². The molecule has 3 heterocycles. The van der Waals surface area contributed by atoms with Gasteiger partial charge in [-0.25, -0.2) is 26.5 Å². The number of fused-ring (bicyclic) bond motifs is 1. The highest BCUT2D eigenvalue weighted by Gasteiger charge is 2.32. The molecule has 0 saturated carbocycles. The minimum Gasteiger partial charge on any atom is -0.406 e. The van der Waals surface area contributed by atoms with Crippen LogP contribution < -0.4 is 19.7 Å². The summed E-state index contributed by atoms with van der Waals surface area (Å²) in [6, 6.07) is 8.74. The van der Waals surface area contributed by atoms with Crippen LogP contribution in [0.15, 0.2) is 59.7 Å². The fraction of sp³-hybridized carbons (Fsp3) is 0.174. The minimum atomic E-state index is -5.04. The number of sulfonamides is 2. The van der Waals surface area contributed by atoms with Crippen LogP contribution in [-0.4, -0.2) is 56.2 Å². The summed E-state index contributed by atoms with van der Waals surface area (Å²) < 4.78 is 95.6. The number of rotatable bonds is 8. The molecule has 3 N–H and O–H groups in total. The van der Waals surface area contributed by atoms with Gasteiger partial charge in [0.2, 0.25) is 20.0 Å². The van der Waals surface area contributed by atoms with Gasteiger partial charge < -0.3 is 14.3 Å². The normalized spacial score (nSPS) is 12.3. The molecule has 0 radical (unpaired) electrons. The van der Waals surface area contributed by atoms with Gasteiger partial charge in [0.25, 0.3) is 11.5 Å². The third-order valence-electron chi connectivity index (χ3n) is 5.30. The molecule has 0 bridgehead atoms. The SMILES string of the molecule is CS(=O)(=O)NC(=O)c1c(-c2ccc[nH]c2=O)c2cc(OC(F)(F)F)ccc2n1Cc1ccnc(NS(C)(=O)=O)c1. The molecule has 212 valence electrons. The number of anilines is 1. The van der Waals surface area contributed by atoms with E-state index in [1.54, 1.807) is 0 Å². The fourth-order valence-corrected chi connectivity index (χ4v) is 4.96. The molecule has 0 atom stereocenters. The molecule has 3 aromatic heterocycles. The van der Waals surface area contributed by atoms with Crippen molar-refractivity contribution in [2.24, 2.45) is 0 Å². The lowest BCUT2D eigenvalue weighted by molar-refractivity contribution is -0.274. The number of carbonyl (C=O) groups excluding carboxylic acids is 1. The quantitative estimate of drug-likeness (QED) is 0.277. The van der Waals surface area contributed by atoms with Gasteiger partial charge in [0.05, 0.1) is 12.5 Å². The Balaban J connectivity index is 2.04. The van der Waals surface area contributed by atoms with Gasteiger partial charge in [0.15, 0.2) is 0 Å². The molecule has 0 aliphatic heterocycles. The maximum absolute atomic E-state index is 13.4. The molecule has 12 nitrogen and oxygen atoms in total. The monoisotopic (exact) mass is 599 g/mol. The van der Waals surface area contributed by atoms with Gasteiger partial charge in [-0.2, -0.15) is 0 Å². The summed E-state index contributed by atoms with van der Waals surface area (Å²) in [6.07, 6.45) is -0.820. The van der Waals surface area contributed by atoms with Crippen LogP contribution in [-0.2, 0) is 26.6 Å². The number of ether oxygens (including phenoxy) is 1. The number of carbonyl (C=O) groups is 1. The molecule has 0 fully saturated rings. The number of nitrogens with one attached hydrogen (secondary N) is 3. The molecule has 17 heteroatoms. The second kappa shape index (κ2) is 10.3. The van der Waals surface area contributed by atoms with Crippen molar-refractivity contribution in [3.63, 3.8) is 0 Å². The second-order valence-corrected chi connectivity index (χ2v) is 12.1. The predicted octanol–water partition coefficient (Wildman–Crippen LogP) is 2.40. The lowest BCUT2D eigenvalue weighted by Gasteiger charge is -2.13. The highest BCUT2D eigenvalue weighted by Crippen LogP contribution is 2.37. The van der Waals surface area contributed by atoms with Crippen molar-refractivity contribution < 1.29 is 39.5 Å². The molecule has 40 heavy (non-hydrogen) atoms. The molecule has 1 amide bonds. The Bertz CT molecular complexity index is 1900. The van der Waals surface area contributed by atoms with Gasteiger partial charge in [-0.05, 0) is 48.0 Å². The first-order valence-electron chi connectivity index (χ1n) is 11.1. The van der Waals surface area contributed by atoms with E-state index in [1.165, 1.54) is 47.3 Å². The average Bonchev–Trinajstić information content (AvgIpc) is 3.09. The van der Waals surface area contributed by atoms with Gasteiger partial charge >= 0.3 is 6.36 Å². The predicted molar refractivity (Wildman–Crippen MR) is 139 cm³/mol. The summed E-state index contributed by atoms with van der Waals surface area (Å²) in [4.78, 5) is 32.5. The lowest BCUT2D eigenvalue weighted by atomic mass is 10.0.